The van der Waals surface area contributed by atoms with E-state index in [1.54, 1.807) is 0 Å². The Labute approximate surface area is 102 Å². The number of hydrogen-bond donors (Lipinski definition) is 4. The van der Waals surface area contributed by atoms with E-state index in [4.69, 9.17) is 14.9 Å². The normalized spacial score (nSPS) is 35.9. The number of aliphatic hydroxyl groups excluding tert-OH is 2. The molecular formula is C11H15NO6. The van der Waals surface area contributed by atoms with Gasteiger partial charge in [0.2, 0.25) is 0 Å². The SMILES string of the molecule is CC1(O)C(O)C(CO)OC1n1ccc(O)cc1=O. The van der Waals surface area contributed by atoms with E-state index in [0.29, 0.717) is 0 Å². The molecule has 1 fully saturated rings. The van der Waals surface area contributed by atoms with Gasteiger partial charge in [-0.05, 0) is 13.0 Å². The lowest BCUT2D eigenvalue weighted by atomic mass is 9.96. The van der Waals surface area contributed by atoms with Crippen LogP contribution in [0.3, 0.4) is 0 Å². The van der Waals surface area contributed by atoms with E-state index in [1.807, 2.05) is 0 Å². The summed E-state index contributed by atoms with van der Waals surface area (Å²) in [6, 6.07) is 2.23. The summed E-state index contributed by atoms with van der Waals surface area (Å²) in [4.78, 5) is 11.7. The van der Waals surface area contributed by atoms with Crippen molar-refractivity contribution in [3.8, 4) is 5.75 Å². The van der Waals surface area contributed by atoms with E-state index in [9.17, 15) is 15.0 Å². The molecule has 2 rings (SSSR count). The summed E-state index contributed by atoms with van der Waals surface area (Å²) in [6.45, 7) is 0.845. The van der Waals surface area contributed by atoms with Crippen LogP contribution in [0.5, 0.6) is 5.75 Å². The highest BCUT2D eigenvalue weighted by Gasteiger charge is 2.52. The van der Waals surface area contributed by atoms with Gasteiger partial charge in [0.25, 0.3) is 5.56 Å². The number of rotatable bonds is 2. The molecule has 4 atom stereocenters. The second-order valence-electron chi connectivity index (χ2n) is 4.51. The smallest absolute Gasteiger partial charge is 0.256 e. The molecule has 0 aliphatic carbocycles. The number of nitrogens with zero attached hydrogens (tertiary/aromatic N) is 1. The minimum atomic E-state index is -1.71. The first-order chi connectivity index (χ1) is 8.37. The van der Waals surface area contributed by atoms with E-state index in [1.165, 1.54) is 19.2 Å². The van der Waals surface area contributed by atoms with Crippen LogP contribution in [0.25, 0.3) is 0 Å². The van der Waals surface area contributed by atoms with Crippen molar-refractivity contribution < 1.29 is 25.2 Å². The predicted octanol–water partition coefficient (Wildman–Crippen LogP) is -1.44. The average molecular weight is 257 g/mol. The zero-order valence-electron chi connectivity index (χ0n) is 9.72. The van der Waals surface area contributed by atoms with Crippen LogP contribution in [-0.2, 0) is 4.74 Å². The van der Waals surface area contributed by atoms with Crippen molar-refractivity contribution in [3.05, 3.63) is 28.7 Å². The van der Waals surface area contributed by atoms with Crippen LogP contribution in [0, 0.1) is 0 Å². The van der Waals surface area contributed by atoms with Crippen LogP contribution in [0.1, 0.15) is 13.2 Å². The largest absolute Gasteiger partial charge is 0.508 e. The maximum Gasteiger partial charge on any atom is 0.256 e. The third kappa shape index (κ3) is 1.91. The van der Waals surface area contributed by atoms with Gasteiger partial charge in [-0.15, -0.1) is 0 Å². The molecule has 1 aliphatic heterocycles. The highest BCUT2D eigenvalue weighted by molar-refractivity contribution is 5.16. The Balaban J connectivity index is 2.42. The molecule has 0 amide bonds. The summed E-state index contributed by atoms with van der Waals surface area (Å²) in [6.07, 6.45) is -2.15. The minimum absolute atomic E-state index is 0.201. The van der Waals surface area contributed by atoms with Gasteiger partial charge in [-0.25, -0.2) is 0 Å². The average Bonchev–Trinajstić information content (AvgIpc) is 2.52. The van der Waals surface area contributed by atoms with E-state index in [2.05, 4.69) is 0 Å². The number of hydrogen-bond acceptors (Lipinski definition) is 6. The molecular weight excluding hydrogens is 242 g/mol. The van der Waals surface area contributed by atoms with E-state index in [0.717, 1.165) is 10.6 Å². The molecule has 0 saturated carbocycles. The molecule has 1 aliphatic rings. The molecule has 0 spiro atoms. The predicted molar refractivity (Wildman–Crippen MR) is 60.0 cm³/mol. The summed E-state index contributed by atoms with van der Waals surface area (Å²) in [5.41, 5.74) is -2.29. The molecule has 1 aromatic heterocycles. The van der Waals surface area contributed by atoms with E-state index < -0.39 is 36.2 Å². The first-order valence-electron chi connectivity index (χ1n) is 5.46. The molecule has 18 heavy (non-hydrogen) atoms. The Hall–Kier alpha value is -1.41. The fourth-order valence-electron chi connectivity index (χ4n) is 2.06. The quantitative estimate of drug-likeness (QED) is 0.516. The van der Waals surface area contributed by atoms with Crippen molar-refractivity contribution in [2.75, 3.05) is 6.61 Å². The molecule has 7 nitrogen and oxygen atoms in total. The first kappa shape index (κ1) is 13.0. The van der Waals surface area contributed by atoms with Crippen molar-refractivity contribution in [2.24, 2.45) is 0 Å². The molecule has 0 radical (unpaired) electrons. The van der Waals surface area contributed by atoms with Crippen LogP contribution >= 0.6 is 0 Å². The number of ether oxygens (including phenoxy) is 1. The van der Waals surface area contributed by atoms with E-state index >= 15 is 0 Å². The first-order valence-corrected chi connectivity index (χ1v) is 5.46. The van der Waals surface area contributed by atoms with Gasteiger partial charge in [0.1, 0.15) is 23.6 Å². The molecule has 1 saturated heterocycles. The standard InChI is InChI=1S/C11H15NO6/c1-11(17)9(16)7(5-13)18-10(11)12-3-2-6(14)4-8(12)15/h2-4,7,9-10,13-14,16-17H,5H2,1H3. The van der Waals surface area contributed by atoms with Crippen molar-refractivity contribution in [1.29, 1.82) is 0 Å². The van der Waals surface area contributed by atoms with Crippen LogP contribution in [0.15, 0.2) is 23.1 Å². The molecule has 0 aromatic carbocycles. The summed E-state index contributed by atoms with van der Waals surface area (Å²) >= 11 is 0. The fourth-order valence-corrected chi connectivity index (χ4v) is 2.06. The van der Waals surface area contributed by atoms with Gasteiger partial charge in [0, 0.05) is 12.3 Å². The topological polar surface area (TPSA) is 112 Å². The minimum Gasteiger partial charge on any atom is -0.508 e. The van der Waals surface area contributed by atoms with Crippen LogP contribution in [-0.4, -0.2) is 49.4 Å². The van der Waals surface area contributed by atoms with Gasteiger partial charge in [-0.2, -0.15) is 0 Å². The zero-order valence-corrected chi connectivity index (χ0v) is 9.72. The maximum atomic E-state index is 11.7. The molecule has 4 unspecified atom stereocenters. The van der Waals surface area contributed by atoms with Gasteiger partial charge < -0.3 is 25.2 Å². The Morgan fingerprint density at radius 3 is 2.72 bits per heavy atom. The van der Waals surface area contributed by atoms with E-state index in [-0.39, 0.29) is 5.75 Å². The van der Waals surface area contributed by atoms with Crippen molar-refractivity contribution >= 4 is 0 Å². The third-order valence-corrected chi connectivity index (χ3v) is 3.12. The second-order valence-corrected chi connectivity index (χ2v) is 4.51. The molecule has 1 aromatic rings. The molecule has 100 valence electrons. The molecule has 0 bridgehead atoms. The highest BCUT2D eigenvalue weighted by Crippen LogP contribution is 2.37. The van der Waals surface area contributed by atoms with Crippen LogP contribution in [0.4, 0.5) is 0 Å². The van der Waals surface area contributed by atoms with Crippen molar-refractivity contribution in [1.82, 2.24) is 4.57 Å². The summed E-state index contributed by atoms with van der Waals surface area (Å²) in [7, 11) is 0. The Morgan fingerprint density at radius 1 is 1.56 bits per heavy atom. The van der Waals surface area contributed by atoms with Crippen LogP contribution < -0.4 is 5.56 Å². The third-order valence-electron chi connectivity index (χ3n) is 3.12. The lowest BCUT2D eigenvalue weighted by Crippen LogP contribution is -2.45. The van der Waals surface area contributed by atoms with Gasteiger partial charge in [0.15, 0.2) is 6.23 Å². The van der Waals surface area contributed by atoms with Crippen molar-refractivity contribution in [2.45, 2.75) is 31.0 Å². The van der Waals surface area contributed by atoms with Gasteiger partial charge >= 0.3 is 0 Å². The second kappa shape index (κ2) is 4.36. The fraction of sp³-hybridized carbons (Fsp3) is 0.545. The Bertz CT molecular complexity index is 497. The maximum absolute atomic E-state index is 11.7. The molecule has 7 heteroatoms. The summed E-state index contributed by atoms with van der Waals surface area (Å²) in [5, 5.41) is 38.1. The highest BCUT2D eigenvalue weighted by atomic mass is 16.6. The Kier molecular flexibility index (Phi) is 3.16. The van der Waals surface area contributed by atoms with Gasteiger partial charge in [-0.1, -0.05) is 0 Å². The molecule has 4 N–H and O–H groups in total. The molecule has 2 heterocycles. The summed E-state index contributed by atoms with van der Waals surface area (Å²) < 4.78 is 6.33. The number of aliphatic hydroxyl groups is 3. The van der Waals surface area contributed by atoms with Crippen LogP contribution in [0.2, 0.25) is 0 Å². The monoisotopic (exact) mass is 257 g/mol. The number of aromatic nitrogens is 1. The number of aromatic hydroxyl groups is 1. The van der Waals surface area contributed by atoms with Gasteiger partial charge in [0.05, 0.1) is 6.61 Å². The Morgan fingerprint density at radius 2 is 2.22 bits per heavy atom. The van der Waals surface area contributed by atoms with Crippen molar-refractivity contribution in [3.63, 3.8) is 0 Å². The lowest BCUT2D eigenvalue weighted by molar-refractivity contribution is -0.0982. The number of pyridine rings is 1. The van der Waals surface area contributed by atoms with Gasteiger partial charge in [-0.3, -0.25) is 9.36 Å². The summed E-state index contributed by atoms with van der Waals surface area (Å²) in [5.74, 6) is -0.201. The lowest BCUT2D eigenvalue weighted by Gasteiger charge is -2.27. The zero-order chi connectivity index (χ0) is 13.5.